The lowest BCUT2D eigenvalue weighted by Crippen LogP contribution is -2.50. The van der Waals surface area contributed by atoms with E-state index in [1.54, 1.807) is 12.1 Å². The number of amides is 1. The fourth-order valence-electron chi connectivity index (χ4n) is 3.57. The first-order valence-corrected chi connectivity index (χ1v) is 10.9. The van der Waals surface area contributed by atoms with Gasteiger partial charge in [0.2, 0.25) is 15.9 Å². The van der Waals surface area contributed by atoms with Crippen molar-refractivity contribution >= 4 is 15.9 Å². The van der Waals surface area contributed by atoms with E-state index in [0.29, 0.717) is 63.1 Å². The Morgan fingerprint density at radius 1 is 1.15 bits per heavy atom. The highest BCUT2D eigenvalue weighted by Crippen LogP contribution is 2.34. The molecule has 0 aromatic heterocycles. The molecule has 8 nitrogen and oxygen atoms in total. The zero-order chi connectivity index (χ0) is 18.9. The van der Waals surface area contributed by atoms with Crippen LogP contribution in [0.1, 0.15) is 12.8 Å². The number of hydrogen-bond donors (Lipinski definition) is 2. The number of fused-ring (bicyclic) bond motifs is 1. The minimum Gasteiger partial charge on any atom is -0.486 e. The predicted molar refractivity (Wildman–Crippen MR) is 98.3 cm³/mol. The van der Waals surface area contributed by atoms with Gasteiger partial charge in [0.25, 0.3) is 0 Å². The molecule has 9 heteroatoms. The van der Waals surface area contributed by atoms with E-state index in [-0.39, 0.29) is 16.7 Å². The molecule has 0 aliphatic carbocycles. The maximum atomic E-state index is 12.9. The van der Waals surface area contributed by atoms with Crippen molar-refractivity contribution in [1.82, 2.24) is 14.9 Å². The number of benzene rings is 1. The molecule has 0 atom stereocenters. The second kappa shape index (κ2) is 7.65. The molecule has 1 aromatic rings. The average Bonchev–Trinajstić information content (AvgIpc) is 2.66. The number of ether oxygens (including phenoxy) is 2. The van der Waals surface area contributed by atoms with Crippen molar-refractivity contribution in [2.45, 2.75) is 17.7 Å². The van der Waals surface area contributed by atoms with E-state index in [1.165, 1.54) is 10.4 Å². The second-order valence-corrected chi connectivity index (χ2v) is 9.19. The molecule has 0 radical (unpaired) electrons. The molecule has 2 fully saturated rings. The summed E-state index contributed by atoms with van der Waals surface area (Å²) in [7, 11) is -3.61. The molecule has 1 amide bonds. The number of hydrogen-bond acceptors (Lipinski definition) is 6. The predicted octanol–water partition coefficient (Wildman–Crippen LogP) is 0.194. The van der Waals surface area contributed by atoms with E-state index < -0.39 is 10.0 Å². The van der Waals surface area contributed by atoms with Crippen LogP contribution in [0.3, 0.4) is 0 Å². The monoisotopic (exact) mass is 395 g/mol. The lowest BCUT2D eigenvalue weighted by Gasteiger charge is -2.32. The number of piperidine rings is 1. The van der Waals surface area contributed by atoms with E-state index in [0.717, 1.165) is 13.1 Å². The minimum absolute atomic E-state index is 0.0401. The number of sulfonamides is 1. The topological polar surface area (TPSA) is 97.0 Å². The van der Waals surface area contributed by atoms with E-state index in [9.17, 15) is 13.2 Å². The van der Waals surface area contributed by atoms with Crippen LogP contribution < -0.4 is 20.1 Å². The van der Waals surface area contributed by atoms with Crippen molar-refractivity contribution in [3.8, 4) is 11.5 Å². The molecule has 0 saturated carbocycles. The zero-order valence-corrected chi connectivity index (χ0v) is 16.0. The summed E-state index contributed by atoms with van der Waals surface area (Å²) in [5.74, 6) is 1.46. The number of rotatable bonds is 5. The van der Waals surface area contributed by atoms with Gasteiger partial charge < -0.3 is 20.1 Å². The molecule has 0 bridgehead atoms. The fraction of sp³-hybridized carbons (Fsp3) is 0.611. The Hall–Kier alpha value is -1.84. The van der Waals surface area contributed by atoms with Crippen molar-refractivity contribution in [1.29, 1.82) is 0 Å². The molecule has 4 rings (SSSR count). The van der Waals surface area contributed by atoms with Crippen molar-refractivity contribution in [2.75, 3.05) is 45.9 Å². The summed E-state index contributed by atoms with van der Waals surface area (Å²) in [5.41, 5.74) is 0. The van der Waals surface area contributed by atoms with Gasteiger partial charge in [0, 0.05) is 50.6 Å². The average molecular weight is 395 g/mol. The van der Waals surface area contributed by atoms with Crippen LogP contribution in [-0.2, 0) is 14.8 Å². The van der Waals surface area contributed by atoms with Gasteiger partial charge in [0.1, 0.15) is 13.2 Å². The van der Waals surface area contributed by atoms with Gasteiger partial charge in [-0.1, -0.05) is 0 Å². The molecule has 1 aromatic carbocycles. The normalized spacial score (nSPS) is 21.5. The van der Waals surface area contributed by atoms with Crippen LogP contribution in [0, 0.1) is 11.8 Å². The van der Waals surface area contributed by atoms with Crippen LogP contribution in [0.25, 0.3) is 0 Å². The van der Waals surface area contributed by atoms with Gasteiger partial charge in [-0.3, -0.25) is 4.79 Å². The Kier molecular flexibility index (Phi) is 5.25. The lowest BCUT2D eigenvalue weighted by atomic mass is 9.96. The summed E-state index contributed by atoms with van der Waals surface area (Å²) in [6, 6.07) is 4.71. The Balaban J connectivity index is 1.36. The number of carbonyl (C=O) groups excluding carboxylic acids is 1. The number of carbonyl (C=O) groups is 1. The van der Waals surface area contributed by atoms with E-state index in [1.807, 2.05) is 0 Å². The van der Waals surface area contributed by atoms with Gasteiger partial charge in [-0.25, -0.2) is 8.42 Å². The molecule has 148 valence electrons. The third kappa shape index (κ3) is 3.90. The Labute approximate surface area is 159 Å². The van der Waals surface area contributed by atoms with Crippen molar-refractivity contribution in [3.05, 3.63) is 18.2 Å². The largest absolute Gasteiger partial charge is 0.486 e. The molecular weight excluding hydrogens is 370 g/mol. The molecule has 3 aliphatic rings. The molecule has 3 heterocycles. The van der Waals surface area contributed by atoms with Crippen molar-refractivity contribution in [3.63, 3.8) is 0 Å². The lowest BCUT2D eigenvalue weighted by molar-refractivity contribution is -0.126. The summed E-state index contributed by atoms with van der Waals surface area (Å²) in [6.07, 6.45) is 1.08. The third-order valence-electron chi connectivity index (χ3n) is 5.41. The smallest absolute Gasteiger partial charge is 0.243 e. The van der Waals surface area contributed by atoms with E-state index in [4.69, 9.17) is 9.47 Å². The maximum absolute atomic E-state index is 12.9. The molecule has 0 spiro atoms. The van der Waals surface area contributed by atoms with Crippen LogP contribution in [-0.4, -0.2) is 64.6 Å². The standard InChI is InChI=1S/C18H25N3O5S/c22-18(20-12-13-10-19-11-13)14-3-5-21(6-4-14)27(23,24)15-1-2-16-17(9-15)26-8-7-25-16/h1-2,9,13-14,19H,3-8,10-12H2,(H,20,22). The Morgan fingerprint density at radius 3 is 2.52 bits per heavy atom. The third-order valence-corrected chi connectivity index (χ3v) is 7.30. The van der Waals surface area contributed by atoms with Crippen LogP contribution in [0.5, 0.6) is 11.5 Å². The molecule has 0 unspecified atom stereocenters. The summed E-state index contributed by atoms with van der Waals surface area (Å²) in [5, 5.41) is 6.18. The molecule has 27 heavy (non-hydrogen) atoms. The summed E-state index contributed by atoms with van der Waals surface area (Å²) >= 11 is 0. The van der Waals surface area contributed by atoms with Crippen LogP contribution in [0.15, 0.2) is 23.1 Å². The van der Waals surface area contributed by atoms with Crippen molar-refractivity contribution < 1.29 is 22.7 Å². The highest BCUT2D eigenvalue weighted by Gasteiger charge is 2.33. The van der Waals surface area contributed by atoms with Gasteiger partial charge in [-0.15, -0.1) is 0 Å². The summed E-state index contributed by atoms with van der Waals surface area (Å²) in [4.78, 5) is 12.5. The molecular formula is C18H25N3O5S. The minimum atomic E-state index is -3.61. The van der Waals surface area contributed by atoms with Gasteiger partial charge in [-0.05, 0) is 25.0 Å². The van der Waals surface area contributed by atoms with E-state index in [2.05, 4.69) is 10.6 Å². The first kappa shape index (κ1) is 18.5. The quantitative estimate of drug-likeness (QED) is 0.739. The Morgan fingerprint density at radius 2 is 1.85 bits per heavy atom. The number of nitrogens with one attached hydrogen (secondary N) is 2. The number of nitrogens with zero attached hydrogens (tertiary/aromatic N) is 1. The Bertz CT molecular complexity index is 801. The van der Waals surface area contributed by atoms with Crippen LogP contribution in [0.2, 0.25) is 0 Å². The first-order valence-electron chi connectivity index (χ1n) is 9.42. The summed E-state index contributed by atoms with van der Waals surface area (Å²) < 4.78 is 38.3. The van der Waals surface area contributed by atoms with Gasteiger partial charge in [0.05, 0.1) is 4.90 Å². The van der Waals surface area contributed by atoms with Gasteiger partial charge in [-0.2, -0.15) is 4.31 Å². The fourth-order valence-corrected chi connectivity index (χ4v) is 5.06. The highest BCUT2D eigenvalue weighted by molar-refractivity contribution is 7.89. The second-order valence-electron chi connectivity index (χ2n) is 7.25. The first-order chi connectivity index (χ1) is 13.0. The maximum Gasteiger partial charge on any atom is 0.243 e. The summed E-state index contributed by atoms with van der Waals surface area (Å²) in [6.45, 7) is 4.17. The van der Waals surface area contributed by atoms with Crippen molar-refractivity contribution in [2.24, 2.45) is 11.8 Å². The van der Waals surface area contributed by atoms with Gasteiger partial charge in [0.15, 0.2) is 11.5 Å². The highest BCUT2D eigenvalue weighted by atomic mass is 32.2. The SMILES string of the molecule is O=C(NCC1CNC1)C1CCN(S(=O)(=O)c2ccc3c(c2)OCCO3)CC1. The zero-order valence-electron chi connectivity index (χ0n) is 15.1. The molecule has 2 saturated heterocycles. The van der Waals surface area contributed by atoms with Gasteiger partial charge >= 0.3 is 0 Å². The molecule has 2 N–H and O–H groups in total. The van der Waals surface area contributed by atoms with Crippen LogP contribution in [0.4, 0.5) is 0 Å². The van der Waals surface area contributed by atoms with Crippen LogP contribution >= 0.6 is 0 Å². The molecule has 3 aliphatic heterocycles. The van der Waals surface area contributed by atoms with E-state index >= 15 is 0 Å².